The van der Waals surface area contributed by atoms with Gasteiger partial charge in [0.15, 0.2) is 5.16 Å². The van der Waals surface area contributed by atoms with Crippen LogP contribution in [-0.2, 0) is 20.9 Å². The van der Waals surface area contributed by atoms with Crippen LogP contribution < -0.4 is 10.2 Å². The summed E-state index contributed by atoms with van der Waals surface area (Å²) in [5.41, 5.74) is 2.23. The summed E-state index contributed by atoms with van der Waals surface area (Å²) in [4.78, 5) is 32.7. The van der Waals surface area contributed by atoms with Crippen molar-refractivity contribution in [3.8, 4) is 0 Å². The van der Waals surface area contributed by atoms with Gasteiger partial charge in [0.2, 0.25) is 11.8 Å². The monoisotopic (exact) mass is 438 g/mol. The van der Waals surface area contributed by atoms with Crippen molar-refractivity contribution in [3.63, 3.8) is 0 Å². The number of carbonyl (C=O) groups excluding carboxylic acids is 2. The van der Waals surface area contributed by atoms with Gasteiger partial charge < -0.3 is 14.6 Å². The standard InChI is InChI=1S/C23H26N4O3S/c1-15(31-22-25-16-9-5-7-11-18(16)26(22)13-14-30-4)20(28)27-19-12-8-6-10-17(19)24-21(29)23(27,2)3/h5-12,15H,13-14H2,1-4H3,(H,24,29). The Bertz CT molecular complexity index is 1140. The van der Waals surface area contributed by atoms with Gasteiger partial charge in [0.1, 0.15) is 5.54 Å². The summed E-state index contributed by atoms with van der Waals surface area (Å²) >= 11 is 1.40. The number of ether oxygens (including phenoxy) is 1. The van der Waals surface area contributed by atoms with Gasteiger partial charge in [-0.3, -0.25) is 14.5 Å². The van der Waals surface area contributed by atoms with E-state index < -0.39 is 10.8 Å². The molecule has 2 amide bonds. The van der Waals surface area contributed by atoms with E-state index in [-0.39, 0.29) is 11.8 Å². The highest BCUT2D eigenvalue weighted by Crippen LogP contribution is 2.39. The summed E-state index contributed by atoms with van der Waals surface area (Å²) in [7, 11) is 1.67. The van der Waals surface area contributed by atoms with Gasteiger partial charge in [-0.15, -0.1) is 0 Å². The molecule has 1 N–H and O–H groups in total. The molecule has 0 bridgehead atoms. The third-order valence-corrected chi connectivity index (χ3v) is 6.57. The summed E-state index contributed by atoms with van der Waals surface area (Å²) in [5, 5.41) is 3.21. The summed E-state index contributed by atoms with van der Waals surface area (Å²) in [6.45, 7) is 6.57. The molecule has 0 radical (unpaired) electrons. The van der Waals surface area contributed by atoms with Crippen LogP contribution in [-0.4, -0.2) is 45.9 Å². The van der Waals surface area contributed by atoms with Gasteiger partial charge in [-0.1, -0.05) is 36.0 Å². The van der Waals surface area contributed by atoms with Crippen molar-refractivity contribution in [2.75, 3.05) is 23.9 Å². The predicted octanol–water partition coefficient (Wildman–Crippen LogP) is 3.93. The average molecular weight is 439 g/mol. The molecule has 0 fully saturated rings. The number of imidazole rings is 1. The Hall–Kier alpha value is -2.84. The Morgan fingerprint density at radius 2 is 1.90 bits per heavy atom. The molecule has 3 aromatic rings. The van der Waals surface area contributed by atoms with Crippen molar-refractivity contribution in [2.45, 2.75) is 43.3 Å². The number of anilines is 2. The lowest BCUT2D eigenvalue weighted by Gasteiger charge is -2.43. The molecule has 1 aromatic heterocycles. The molecule has 8 heteroatoms. The first-order valence-corrected chi connectivity index (χ1v) is 11.1. The summed E-state index contributed by atoms with van der Waals surface area (Å²) in [6.07, 6.45) is 0. The van der Waals surface area contributed by atoms with Crippen LogP contribution in [0.1, 0.15) is 20.8 Å². The Morgan fingerprint density at radius 1 is 1.19 bits per heavy atom. The third-order valence-electron chi connectivity index (χ3n) is 5.50. The lowest BCUT2D eigenvalue weighted by molar-refractivity contribution is -0.126. The Kier molecular flexibility index (Phi) is 5.77. The molecule has 1 aliphatic heterocycles. The van der Waals surface area contributed by atoms with Crippen LogP contribution in [0.15, 0.2) is 53.7 Å². The molecular weight excluding hydrogens is 412 g/mol. The molecule has 4 rings (SSSR count). The second kappa shape index (κ2) is 8.36. The van der Waals surface area contributed by atoms with E-state index in [1.54, 1.807) is 25.9 Å². The molecule has 31 heavy (non-hydrogen) atoms. The number of carbonyl (C=O) groups is 2. The third kappa shape index (κ3) is 3.81. The largest absolute Gasteiger partial charge is 0.383 e. The molecule has 2 aromatic carbocycles. The molecular formula is C23H26N4O3S. The summed E-state index contributed by atoms with van der Waals surface area (Å²) in [6, 6.07) is 15.3. The number of benzene rings is 2. The molecule has 0 aliphatic carbocycles. The van der Waals surface area contributed by atoms with Crippen LogP contribution in [0, 0.1) is 0 Å². The molecule has 0 saturated heterocycles. The molecule has 162 valence electrons. The van der Waals surface area contributed by atoms with Gasteiger partial charge in [-0.25, -0.2) is 4.98 Å². The zero-order valence-electron chi connectivity index (χ0n) is 18.1. The van der Waals surface area contributed by atoms with E-state index in [1.807, 2.05) is 55.5 Å². The number of hydrogen-bond acceptors (Lipinski definition) is 5. The van der Waals surface area contributed by atoms with Crippen LogP contribution in [0.4, 0.5) is 11.4 Å². The maximum atomic E-state index is 13.6. The van der Waals surface area contributed by atoms with Crippen LogP contribution >= 0.6 is 11.8 Å². The highest BCUT2D eigenvalue weighted by molar-refractivity contribution is 8.00. The van der Waals surface area contributed by atoms with Crippen LogP contribution in [0.5, 0.6) is 0 Å². The van der Waals surface area contributed by atoms with Gasteiger partial charge in [-0.05, 0) is 45.0 Å². The molecule has 1 aliphatic rings. The second-order valence-electron chi connectivity index (χ2n) is 7.99. The van der Waals surface area contributed by atoms with Crippen molar-refractivity contribution >= 4 is 46.0 Å². The number of nitrogens with zero attached hydrogens (tertiary/aromatic N) is 3. The molecule has 1 unspecified atom stereocenters. The highest BCUT2D eigenvalue weighted by atomic mass is 32.2. The van der Waals surface area contributed by atoms with Gasteiger partial charge in [-0.2, -0.15) is 0 Å². The fourth-order valence-electron chi connectivity index (χ4n) is 3.78. The number of fused-ring (bicyclic) bond motifs is 2. The van der Waals surface area contributed by atoms with E-state index in [2.05, 4.69) is 9.88 Å². The lowest BCUT2D eigenvalue weighted by atomic mass is 9.96. The summed E-state index contributed by atoms with van der Waals surface area (Å²) in [5.74, 6) is -0.341. The highest BCUT2D eigenvalue weighted by Gasteiger charge is 2.45. The maximum absolute atomic E-state index is 13.6. The Balaban J connectivity index is 1.67. The van der Waals surface area contributed by atoms with Gasteiger partial charge in [0.25, 0.3) is 0 Å². The van der Waals surface area contributed by atoms with Crippen molar-refractivity contribution in [1.82, 2.24) is 9.55 Å². The van der Waals surface area contributed by atoms with Gasteiger partial charge in [0.05, 0.1) is 34.3 Å². The van der Waals surface area contributed by atoms with Gasteiger partial charge in [0, 0.05) is 13.7 Å². The molecule has 0 saturated carbocycles. The predicted molar refractivity (Wildman–Crippen MR) is 124 cm³/mol. The van der Waals surface area contributed by atoms with Crippen molar-refractivity contribution < 1.29 is 14.3 Å². The Labute approximate surface area is 185 Å². The number of rotatable bonds is 6. The quantitative estimate of drug-likeness (QED) is 0.590. The molecule has 7 nitrogen and oxygen atoms in total. The normalized spacial score (nSPS) is 16.1. The zero-order valence-corrected chi connectivity index (χ0v) is 18.9. The number of nitrogens with one attached hydrogen (secondary N) is 1. The van der Waals surface area contributed by atoms with Crippen LogP contribution in [0.25, 0.3) is 11.0 Å². The van der Waals surface area contributed by atoms with Crippen molar-refractivity contribution in [3.05, 3.63) is 48.5 Å². The fourth-order valence-corrected chi connectivity index (χ4v) is 4.77. The number of hydrogen-bond donors (Lipinski definition) is 1. The van der Waals surface area contributed by atoms with E-state index >= 15 is 0 Å². The first kappa shape index (κ1) is 21.4. The number of aromatic nitrogens is 2. The number of para-hydroxylation sites is 4. The molecule has 0 spiro atoms. The van der Waals surface area contributed by atoms with Crippen LogP contribution in [0.3, 0.4) is 0 Å². The maximum Gasteiger partial charge on any atom is 0.250 e. The lowest BCUT2D eigenvalue weighted by Crippen LogP contribution is -2.60. The minimum atomic E-state index is -1.00. The smallest absolute Gasteiger partial charge is 0.250 e. The minimum Gasteiger partial charge on any atom is -0.383 e. The molecule has 1 atom stereocenters. The van der Waals surface area contributed by atoms with E-state index in [0.717, 1.165) is 16.2 Å². The average Bonchev–Trinajstić information content (AvgIpc) is 3.09. The molecule has 2 heterocycles. The van der Waals surface area contributed by atoms with Gasteiger partial charge >= 0.3 is 0 Å². The topological polar surface area (TPSA) is 76.5 Å². The van der Waals surface area contributed by atoms with Crippen LogP contribution in [0.2, 0.25) is 0 Å². The minimum absolute atomic E-state index is 0.136. The number of methoxy groups -OCH3 is 1. The van der Waals surface area contributed by atoms with E-state index in [1.165, 1.54) is 11.8 Å². The van der Waals surface area contributed by atoms with Crippen molar-refractivity contribution in [2.24, 2.45) is 0 Å². The zero-order chi connectivity index (χ0) is 22.2. The number of thioether (sulfide) groups is 1. The van der Waals surface area contributed by atoms with E-state index in [9.17, 15) is 9.59 Å². The first-order valence-electron chi connectivity index (χ1n) is 10.2. The second-order valence-corrected chi connectivity index (χ2v) is 9.30. The Morgan fingerprint density at radius 3 is 2.68 bits per heavy atom. The van der Waals surface area contributed by atoms with Crippen molar-refractivity contribution in [1.29, 1.82) is 0 Å². The van der Waals surface area contributed by atoms with E-state index in [4.69, 9.17) is 9.72 Å². The number of amides is 2. The first-order chi connectivity index (χ1) is 14.8. The summed E-state index contributed by atoms with van der Waals surface area (Å²) < 4.78 is 7.35. The van der Waals surface area contributed by atoms with E-state index in [0.29, 0.717) is 24.5 Å². The fraction of sp³-hybridized carbons (Fsp3) is 0.348. The SMILES string of the molecule is COCCn1c(SC(C)C(=O)N2c3ccccc3NC(=O)C2(C)C)nc2ccccc21.